The smallest absolute Gasteiger partial charge is 0.399 e. The highest BCUT2D eigenvalue weighted by atomic mass is 19.4. The largest absolute Gasteiger partial charge is 0.416 e. The second-order valence-electron chi connectivity index (χ2n) is 10.5. The van der Waals surface area contributed by atoms with Gasteiger partial charge >= 0.3 is 6.18 Å². The van der Waals surface area contributed by atoms with Crippen LogP contribution in [0.5, 0.6) is 0 Å². The van der Waals surface area contributed by atoms with Gasteiger partial charge in [0.1, 0.15) is 11.6 Å². The molecule has 39 heavy (non-hydrogen) atoms. The third-order valence-corrected chi connectivity index (χ3v) is 7.52. The number of methoxy groups -OCH3 is 1. The summed E-state index contributed by atoms with van der Waals surface area (Å²) >= 11 is 0. The number of hydrogen-bond acceptors (Lipinski definition) is 8. The molecule has 4 heterocycles. The third-order valence-electron chi connectivity index (χ3n) is 7.52. The molecule has 2 aliphatic rings. The molecule has 0 saturated carbocycles. The predicted octanol–water partition coefficient (Wildman–Crippen LogP) is 4.06. The summed E-state index contributed by atoms with van der Waals surface area (Å²) in [4.78, 5) is 20.2. The van der Waals surface area contributed by atoms with E-state index in [9.17, 15) is 18.0 Å². The summed E-state index contributed by atoms with van der Waals surface area (Å²) in [6, 6.07) is 2.91. The van der Waals surface area contributed by atoms with Gasteiger partial charge in [-0.25, -0.2) is 0 Å². The molecule has 1 atom stereocenters. The van der Waals surface area contributed by atoms with Gasteiger partial charge in [0, 0.05) is 50.3 Å². The number of nitrogens with two attached hydrogens (primary N) is 1. The van der Waals surface area contributed by atoms with E-state index in [4.69, 9.17) is 15.2 Å². The summed E-state index contributed by atoms with van der Waals surface area (Å²) in [5, 5.41) is 11.8. The van der Waals surface area contributed by atoms with Crippen molar-refractivity contribution in [1.82, 2.24) is 24.5 Å². The molecule has 0 aliphatic carbocycles. The maximum absolute atomic E-state index is 13.8. The molecule has 0 bridgehead atoms. The van der Waals surface area contributed by atoms with Crippen LogP contribution in [0.1, 0.15) is 73.8 Å². The molecule has 10 nitrogen and oxygen atoms in total. The number of carbonyl (C=O) groups is 1. The van der Waals surface area contributed by atoms with Crippen molar-refractivity contribution in [2.45, 2.75) is 70.4 Å². The number of fused-ring (bicyclic) bond motifs is 3. The van der Waals surface area contributed by atoms with Crippen molar-refractivity contribution >= 4 is 23.2 Å². The van der Waals surface area contributed by atoms with Gasteiger partial charge in [-0.1, -0.05) is 13.8 Å². The van der Waals surface area contributed by atoms with E-state index >= 15 is 0 Å². The Labute approximate surface area is 223 Å². The molecule has 1 saturated heterocycles. The monoisotopic (exact) mass is 547 g/mol. The number of amides is 1. The maximum Gasteiger partial charge on any atom is 0.416 e. The molecular formula is C26H32F3N7O3. The van der Waals surface area contributed by atoms with Gasteiger partial charge in [0.25, 0.3) is 11.7 Å². The maximum atomic E-state index is 13.8. The fraction of sp³-hybridized carbons (Fsp3) is 0.538. The summed E-state index contributed by atoms with van der Waals surface area (Å²) in [6.45, 7) is 7.12. The van der Waals surface area contributed by atoms with Crippen LogP contribution in [0.2, 0.25) is 0 Å². The van der Waals surface area contributed by atoms with Gasteiger partial charge in [-0.05, 0) is 30.7 Å². The highest BCUT2D eigenvalue weighted by molar-refractivity contribution is 5.86. The van der Waals surface area contributed by atoms with E-state index in [1.165, 1.54) is 13.2 Å². The fourth-order valence-corrected chi connectivity index (χ4v) is 5.33. The van der Waals surface area contributed by atoms with Gasteiger partial charge in [-0.15, -0.1) is 10.2 Å². The fourth-order valence-electron chi connectivity index (χ4n) is 5.33. The minimum atomic E-state index is -4.53. The second-order valence-corrected chi connectivity index (χ2v) is 10.5. The Hall–Kier alpha value is -3.45. The SMILES string of the molecule is COC1(C(=O)N2Cc3c(NC(C)c4cc(N)cc(C(F)(F)F)c4)nc4nnc(C(C)C)n4c3C2)CCOCC1. The number of anilines is 2. The van der Waals surface area contributed by atoms with Crippen LogP contribution in [-0.4, -0.2) is 56.3 Å². The Balaban J connectivity index is 1.54. The van der Waals surface area contributed by atoms with Crippen molar-refractivity contribution in [2.24, 2.45) is 0 Å². The van der Waals surface area contributed by atoms with Crippen molar-refractivity contribution in [3.8, 4) is 0 Å². The van der Waals surface area contributed by atoms with Gasteiger partial charge < -0.3 is 25.4 Å². The zero-order valence-corrected chi connectivity index (χ0v) is 22.3. The molecule has 0 spiro atoms. The molecule has 0 radical (unpaired) electrons. The van der Waals surface area contributed by atoms with E-state index < -0.39 is 23.4 Å². The molecule has 1 amide bonds. The minimum Gasteiger partial charge on any atom is -0.399 e. The Morgan fingerprint density at radius 2 is 1.87 bits per heavy atom. The number of rotatable bonds is 6. The zero-order valence-electron chi connectivity index (χ0n) is 22.3. The number of aromatic nitrogens is 4. The van der Waals surface area contributed by atoms with Crippen LogP contribution in [-0.2, 0) is 33.5 Å². The predicted molar refractivity (Wildman–Crippen MR) is 137 cm³/mol. The average Bonchev–Trinajstić information content (AvgIpc) is 3.52. The highest BCUT2D eigenvalue weighted by Gasteiger charge is 2.45. The molecule has 1 unspecified atom stereocenters. The van der Waals surface area contributed by atoms with Crippen molar-refractivity contribution in [1.29, 1.82) is 0 Å². The molecule has 5 rings (SSSR count). The third kappa shape index (κ3) is 4.89. The van der Waals surface area contributed by atoms with E-state index in [1.807, 2.05) is 18.2 Å². The van der Waals surface area contributed by atoms with Gasteiger partial charge in [-0.2, -0.15) is 18.2 Å². The van der Waals surface area contributed by atoms with Crippen LogP contribution in [0.3, 0.4) is 0 Å². The van der Waals surface area contributed by atoms with Gasteiger partial charge in [0.2, 0.25) is 0 Å². The van der Waals surface area contributed by atoms with Gasteiger partial charge in [-0.3, -0.25) is 9.20 Å². The van der Waals surface area contributed by atoms with Crippen LogP contribution in [0, 0.1) is 0 Å². The number of alkyl halides is 3. The molecule has 210 valence electrons. The lowest BCUT2D eigenvalue weighted by Gasteiger charge is -2.37. The number of hydrogen-bond donors (Lipinski definition) is 2. The lowest BCUT2D eigenvalue weighted by molar-refractivity contribution is -0.167. The lowest BCUT2D eigenvalue weighted by Crippen LogP contribution is -2.51. The number of carbonyl (C=O) groups excluding carboxylic acids is 1. The van der Waals surface area contributed by atoms with Gasteiger partial charge in [0.15, 0.2) is 5.60 Å². The molecular weight excluding hydrogens is 515 g/mol. The van der Waals surface area contributed by atoms with Crippen LogP contribution in [0.15, 0.2) is 18.2 Å². The Morgan fingerprint density at radius 1 is 1.15 bits per heavy atom. The summed E-state index contributed by atoms with van der Waals surface area (Å²) in [6.07, 6.45) is -3.63. The molecule has 1 fully saturated rings. The molecule has 3 aromatic rings. The number of halogens is 3. The first kappa shape index (κ1) is 27.1. The van der Waals surface area contributed by atoms with Crippen molar-refractivity contribution in [3.05, 3.63) is 46.4 Å². The van der Waals surface area contributed by atoms with Crippen molar-refractivity contribution in [3.63, 3.8) is 0 Å². The van der Waals surface area contributed by atoms with E-state index in [-0.39, 0.29) is 30.6 Å². The standard InChI is InChI=1S/C26H32F3N7O3/c1-14(2)22-33-34-24-32-21(31-15(3)16-9-17(26(27,28)29)11-18(30)10-16)19-12-35(13-20(19)36(22)24)23(37)25(38-4)5-7-39-8-6-25/h9-11,14-15H,5-8,12-13,30H2,1-4H3,(H,31,32,34). The Morgan fingerprint density at radius 3 is 2.51 bits per heavy atom. The van der Waals surface area contributed by atoms with Crippen molar-refractivity contribution in [2.75, 3.05) is 31.4 Å². The minimum absolute atomic E-state index is 0.0132. The topological polar surface area (TPSA) is 120 Å². The zero-order chi connectivity index (χ0) is 28.1. The number of nitrogens with one attached hydrogen (secondary N) is 1. The van der Waals surface area contributed by atoms with Crippen LogP contribution in [0.25, 0.3) is 5.78 Å². The van der Waals surface area contributed by atoms with E-state index in [1.54, 1.807) is 11.8 Å². The Kier molecular flexibility index (Phi) is 6.91. The summed E-state index contributed by atoms with van der Waals surface area (Å²) in [7, 11) is 1.54. The molecule has 13 heteroatoms. The molecule has 3 N–H and O–H groups in total. The van der Waals surface area contributed by atoms with Crippen LogP contribution < -0.4 is 11.1 Å². The first-order valence-corrected chi connectivity index (χ1v) is 12.9. The second kappa shape index (κ2) is 9.94. The van der Waals surface area contributed by atoms with Crippen LogP contribution in [0.4, 0.5) is 24.7 Å². The van der Waals surface area contributed by atoms with Crippen molar-refractivity contribution < 1.29 is 27.4 Å². The van der Waals surface area contributed by atoms with E-state index in [0.29, 0.717) is 49.0 Å². The number of benzene rings is 1. The number of nitrogen functional groups attached to an aromatic ring is 1. The highest BCUT2D eigenvalue weighted by Crippen LogP contribution is 2.37. The quantitative estimate of drug-likeness (QED) is 0.444. The van der Waals surface area contributed by atoms with E-state index in [2.05, 4.69) is 20.5 Å². The average molecular weight is 548 g/mol. The first-order valence-electron chi connectivity index (χ1n) is 12.9. The Bertz CT molecular complexity index is 1400. The molecule has 2 aromatic heterocycles. The van der Waals surface area contributed by atoms with Crippen LogP contribution >= 0.6 is 0 Å². The molecule has 2 aliphatic heterocycles. The lowest BCUT2D eigenvalue weighted by atomic mass is 9.92. The number of ether oxygens (including phenoxy) is 2. The molecule has 1 aromatic carbocycles. The summed E-state index contributed by atoms with van der Waals surface area (Å²) in [5.41, 5.74) is 5.93. The van der Waals surface area contributed by atoms with E-state index in [0.717, 1.165) is 23.4 Å². The van der Waals surface area contributed by atoms with Gasteiger partial charge in [0.05, 0.1) is 30.4 Å². The summed E-state index contributed by atoms with van der Waals surface area (Å²) < 4.78 is 53.4. The number of nitrogens with zero attached hydrogens (tertiary/aromatic N) is 5. The normalized spacial score (nSPS) is 18.0. The summed E-state index contributed by atoms with van der Waals surface area (Å²) in [5.74, 6) is 1.39. The first-order chi connectivity index (χ1) is 18.4.